The Kier molecular flexibility index (Phi) is 5.52. The molecule has 1 aliphatic rings. The van der Waals surface area contributed by atoms with Gasteiger partial charge in [0, 0.05) is 13.1 Å². The minimum absolute atomic E-state index is 0.211. The van der Waals surface area contributed by atoms with E-state index in [1.54, 1.807) is 17.0 Å². The van der Waals surface area contributed by atoms with E-state index >= 15 is 0 Å². The minimum atomic E-state index is -0.463. The second-order valence-corrected chi connectivity index (χ2v) is 7.24. The summed E-state index contributed by atoms with van der Waals surface area (Å²) in [6.45, 7) is 7.56. The largest absolute Gasteiger partial charge is 0.508 e. The number of amides is 1. The highest BCUT2D eigenvalue weighted by atomic mass is 16.6. The van der Waals surface area contributed by atoms with Gasteiger partial charge in [0.15, 0.2) is 0 Å². The number of phenols is 1. The van der Waals surface area contributed by atoms with Crippen LogP contribution in [0.4, 0.5) is 4.79 Å². The van der Waals surface area contributed by atoms with Gasteiger partial charge in [0.2, 0.25) is 0 Å². The van der Waals surface area contributed by atoms with Crippen molar-refractivity contribution in [3.8, 4) is 5.75 Å². The van der Waals surface area contributed by atoms with Gasteiger partial charge in [-0.3, -0.25) is 0 Å². The molecular weight excluding hydrogens is 292 g/mol. The van der Waals surface area contributed by atoms with Crippen LogP contribution in [-0.2, 0) is 4.74 Å². The van der Waals surface area contributed by atoms with Crippen LogP contribution >= 0.6 is 0 Å². The number of phenolic OH excluding ortho intramolecular Hbond substituents is 1. The smallest absolute Gasteiger partial charge is 0.410 e. The first kappa shape index (κ1) is 17.6. The summed E-state index contributed by atoms with van der Waals surface area (Å²) in [7, 11) is 0. The van der Waals surface area contributed by atoms with E-state index in [9.17, 15) is 9.90 Å². The number of carbonyl (C=O) groups is 1. The van der Waals surface area contributed by atoms with E-state index in [-0.39, 0.29) is 17.8 Å². The van der Waals surface area contributed by atoms with Gasteiger partial charge < -0.3 is 20.5 Å². The van der Waals surface area contributed by atoms with Crippen LogP contribution in [0, 0.1) is 5.92 Å². The molecule has 23 heavy (non-hydrogen) atoms. The number of hydrogen-bond acceptors (Lipinski definition) is 4. The van der Waals surface area contributed by atoms with Crippen molar-refractivity contribution < 1.29 is 14.6 Å². The van der Waals surface area contributed by atoms with Crippen LogP contribution in [0.2, 0.25) is 0 Å². The Morgan fingerprint density at radius 2 is 2.04 bits per heavy atom. The molecule has 2 rings (SSSR count). The highest BCUT2D eigenvalue weighted by molar-refractivity contribution is 5.68. The lowest BCUT2D eigenvalue weighted by Crippen LogP contribution is -2.43. The molecule has 0 aromatic heterocycles. The number of ether oxygens (including phenoxy) is 1. The van der Waals surface area contributed by atoms with Gasteiger partial charge in [0.05, 0.1) is 0 Å². The first-order valence-electron chi connectivity index (χ1n) is 8.27. The summed E-state index contributed by atoms with van der Waals surface area (Å²) in [5, 5.41) is 9.67. The standard InChI is InChI=1S/C18H28N2O3/c1-18(2,3)23-17(22)20-9-7-13(8-10-20)16(12-19)14-5-4-6-15(21)11-14/h4-6,11,13,16,21H,7-10,12,19H2,1-3H3. The van der Waals surface area contributed by atoms with Crippen LogP contribution in [0.3, 0.4) is 0 Å². The zero-order valence-electron chi connectivity index (χ0n) is 14.3. The van der Waals surface area contributed by atoms with E-state index in [0.717, 1.165) is 18.4 Å². The van der Waals surface area contributed by atoms with Gasteiger partial charge in [-0.25, -0.2) is 4.79 Å². The molecule has 1 aliphatic heterocycles. The predicted molar refractivity (Wildman–Crippen MR) is 90.4 cm³/mol. The fourth-order valence-electron chi connectivity index (χ4n) is 3.17. The molecule has 1 amide bonds. The molecule has 5 nitrogen and oxygen atoms in total. The lowest BCUT2D eigenvalue weighted by atomic mass is 9.80. The number of aromatic hydroxyl groups is 1. The molecule has 1 saturated heterocycles. The molecule has 0 bridgehead atoms. The lowest BCUT2D eigenvalue weighted by Gasteiger charge is -2.36. The maximum Gasteiger partial charge on any atom is 0.410 e. The number of piperidine rings is 1. The molecule has 1 aromatic rings. The maximum absolute atomic E-state index is 12.1. The molecule has 0 saturated carbocycles. The molecule has 5 heteroatoms. The molecule has 1 heterocycles. The highest BCUT2D eigenvalue weighted by Crippen LogP contribution is 2.33. The Balaban J connectivity index is 1.96. The minimum Gasteiger partial charge on any atom is -0.508 e. The molecule has 0 radical (unpaired) electrons. The average Bonchev–Trinajstić information content (AvgIpc) is 2.47. The summed E-state index contributed by atoms with van der Waals surface area (Å²) < 4.78 is 5.43. The van der Waals surface area contributed by atoms with E-state index in [1.807, 2.05) is 32.9 Å². The van der Waals surface area contributed by atoms with Crippen LogP contribution in [0.15, 0.2) is 24.3 Å². The predicted octanol–water partition coefficient (Wildman–Crippen LogP) is 3.08. The van der Waals surface area contributed by atoms with E-state index in [0.29, 0.717) is 25.6 Å². The maximum atomic E-state index is 12.1. The highest BCUT2D eigenvalue weighted by Gasteiger charge is 2.30. The molecular formula is C18H28N2O3. The van der Waals surface area contributed by atoms with E-state index < -0.39 is 5.60 Å². The second-order valence-electron chi connectivity index (χ2n) is 7.24. The zero-order valence-corrected chi connectivity index (χ0v) is 14.3. The van der Waals surface area contributed by atoms with Gasteiger partial charge in [-0.1, -0.05) is 12.1 Å². The van der Waals surface area contributed by atoms with Gasteiger partial charge in [-0.15, -0.1) is 0 Å². The van der Waals surface area contributed by atoms with Crippen molar-refractivity contribution in [1.29, 1.82) is 0 Å². The Hall–Kier alpha value is -1.75. The van der Waals surface area contributed by atoms with Gasteiger partial charge in [-0.2, -0.15) is 0 Å². The number of benzene rings is 1. The lowest BCUT2D eigenvalue weighted by molar-refractivity contribution is 0.0175. The Bertz CT molecular complexity index is 531. The second kappa shape index (κ2) is 7.21. The molecule has 0 spiro atoms. The summed E-state index contributed by atoms with van der Waals surface area (Å²) in [5.41, 5.74) is 6.59. The number of carbonyl (C=O) groups excluding carboxylic acids is 1. The van der Waals surface area contributed by atoms with Crippen molar-refractivity contribution in [2.24, 2.45) is 11.7 Å². The van der Waals surface area contributed by atoms with Crippen LogP contribution in [0.1, 0.15) is 45.1 Å². The third-order valence-electron chi connectivity index (χ3n) is 4.31. The fraction of sp³-hybridized carbons (Fsp3) is 0.611. The number of hydrogen-bond donors (Lipinski definition) is 2. The molecule has 1 atom stereocenters. The number of nitrogens with zero attached hydrogens (tertiary/aromatic N) is 1. The summed E-state index contributed by atoms with van der Waals surface area (Å²) in [6.07, 6.45) is 1.56. The Labute approximate surface area is 138 Å². The topological polar surface area (TPSA) is 75.8 Å². The van der Waals surface area contributed by atoms with Crippen LogP contribution in [0.25, 0.3) is 0 Å². The summed E-state index contributed by atoms with van der Waals surface area (Å²) in [5.74, 6) is 0.899. The third-order valence-corrected chi connectivity index (χ3v) is 4.31. The van der Waals surface area contributed by atoms with Crippen molar-refractivity contribution in [3.05, 3.63) is 29.8 Å². The molecule has 1 unspecified atom stereocenters. The first-order valence-corrected chi connectivity index (χ1v) is 8.27. The van der Waals surface area contributed by atoms with Crippen molar-refractivity contribution in [1.82, 2.24) is 4.90 Å². The number of likely N-dealkylation sites (tertiary alicyclic amines) is 1. The van der Waals surface area contributed by atoms with Gasteiger partial charge >= 0.3 is 6.09 Å². The molecule has 128 valence electrons. The molecule has 0 aliphatic carbocycles. The van der Waals surface area contributed by atoms with Crippen LogP contribution in [0.5, 0.6) is 5.75 Å². The van der Waals surface area contributed by atoms with Crippen molar-refractivity contribution in [2.75, 3.05) is 19.6 Å². The zero-order chi connectivity index (χ0) is 17.0. The molecule has 1 aromatic carbocycles. The first-order chi connectivity index (χ1) is 10.8. The van der Waals surface area contributed by atoms with E-state index in [4.69, 9.17) is 10.5 Å². The van der Waals surface area contributed by atoms with Gasteiger partial charge in [-0.05, 0) is 69.7 Å². The van der Waals surface area contributed by atoms with Gasteiger partial charge in [0.25, 0.3) is 0 Å². The van der Waals surface area contributed by atoms with E-state index in [1.165, 1.54) is 0 Å². The fourth-order valence-corrected chi connectivity index (χ4v) is 3.17. The summed E-state index contributed by atoms with van der Waals surface area (Å²) >= 11 is 0. The van der Waals surface area contributed by atoms with Crippen molar-refractivity contribution in [2.45, 2.75) is 45.1 Å². The normalized spacial score (nSPS) is 17.8. The third kappa shape index (κ3) is 4.86. The Morgan fingerprint density at radius 1 is 1.39 bits per heavy atom. The Morgan fingerprint density at radius 3 is 2.57 bits per heavy atom. The molecule has 3 N–H and O–H groups in total. The van der Waals surface area contributed by atoms with Gasteiger partial charge in [0.1, 0.15) is 11.4 Å². The molecule has 1 fully saturated rings. The van der Waals surface area contributed by atoms with Crippen molar-refractivity contribution >= 4 is 6.09 Å². The van der Waals surface area contributed by atoms with Crippen molar-refractivity contribution in [3.63, 3.8) is 0 Å². The number of nitrogens with two attached hydrogens (primary N) is 1. The number of rotatable bonds is 3. The van der Waals surface area contributed by atoms with E-state index in [2.05, 4.69) is 0 Å². The van der Waals surface area contributed by atoms with Crippen LogP contribution in [-0.4, -0.2) is 41.3 Å². The van der Waals surface area contributed by atoms with Crippen LogP contribution < -0.4 is 5.73 Å². The SMILES string of the molecule is CC(C)(C)OC(=O)N1CCC(C(CN)c2cccc(O)c2)CC1. The monoisotopic (exact) mass is 320 g/mol. The quantitative estimate of drug-likeness (QED) is 0.897. The summed E-state index contributed by atoms with van der Waals surface area (Å²) in [6, 6.07) is 7.32. The average molecular weight is 320 g/mol. The summed E-state index contributed by atoms with van der Waals surface area (Å²) in [4.78, 5) is 13.9.